The molecule has 0 amide bonds. The van der Waals surface area contributed by atoms with Gasteiger partial charge < -0.3 is 5.73 Å². The predicted molar refractivity (Wildman–Crippen MR) is 55.9 cm³/mol. The van der Waals surface area contributed by atoms with E-state index in [1.54, 1.807) is 6.92 Å². The van der Waals surface area contributed by atoms with Gasteiger partial charge in [-0.05, 0) is 35.4 Å². The van der Waals surface area contributed by atoms with Crippen LogP contribution in [0.5, 0.6) is 0 Å². The van der Waals surface area contributed by atoms with Crippen LogP contribution in [-0.4, -0.2) is 0 Å². The molecule has 2 aromatic rings. The molecule has 0 fully saturated rings. The third-order valence-electron chi connectivity index (χ3n) is 2.30. The summed E-state index contributed by atoms with van der Waals surface area (Å²) in [5, 5.41) is 2.73. The molecule has 0 unspecified atom stereocenters. The highest BCUT2D eigenvalue weighted by Crippen LogP contribution is 2.35. The molecule has 0 aliphatic heterocycles. The van der Waals surface area contributed by atoms with E-state index in [2.05, 4.69) is 0 Å². The molecule has 1 aromatic heterocycles. The number of fused-ring (bicyclic) bond motifs is 1. The van der Waals surface area contributed by atoms with Crippen LogP contribution >= 0.6 is 11.3 Å². The summed E-state index contributed by atoms with van der Waals surface area (Å²) in [6.45, 7) is 1.78. The number of benzene rings is 1. The minimum atomic E-state index is -2.50. The largest absolute Gasteiger partial charge is 0.398 e. The fourth-order valence-corrected chi connectivity index (χ4v) is 2.40. The fraction of sp³-hybridized carbons (Fsp3) is 0.200. The smallest absolute Gasteiger partial charge is 0.265 e. The van der Waals surface area contributed by atoms with Gasteiger partial charge in [0.25, 0.3) is 6.43 Å². The van der Waals surface area contributed by atoms with Crippen LogP contribution in [0.25, 0.3) is 10.1 Å². The van der Waals surface area contributed by atoms with Crippen molar-refractivity contribution in [2.75, 3.05) is 5.73 Å². The molecule has 4 heteroatoms. The Labute approximate surface area is 84.2 Å². The summed E-state index contributed by atoms with van der Waals surface area (Å²) in [5.41, 5.74) is 6.55. The maximum absolute atomic E-state index is 12.6. The Hall–Kier alpha value is -1.16. The van der Waals surface area contributed by atoms with Gasteiger partial charge in [-0.2, -0.15) is 0 Å². The summed E-state index contributed by atoms with van der Waals surface area (Å²) in [6, 6.07) is 3.30. The summed E-state index contributed by atoms with van der Waals surface area (Å²) in [6.07, 6.45) is -2.50. The first kappa shape index (κ1) is 9.40. The fourth-order valence-electron chi connectivity index (χ4n) is 1.50. The summed E-state index contributed by atoms with van der Waals surface area (Å²) >= 11 is 1.52. The molecule has 0 saturated carbocycles. The summed E-state index contributed by atoms with van der Waals surface area (Å²) in [5.74, 6) is 0. The second-order valence-corrected chi connectivity index (χ2v) is 4.06. The van der Waals surface area contributed by atoms with E-state index in [9.17, 15) is 8.78 Å². The summed E-state index contributed by atoms with van der Waals surface area (Å²) in [4.78, 5) is 0. The van der Waals surface area contributed by atoms with E-state index >= 15 is 0 Å². The zero-order chi connectivity index (χ0) is 10.3. The molecule has 74 valence electrons. The van der Waals surface area contributed by atoms with Crippen molar-refractivity contribution in [3.05, 3.63) is 28.6 Å². The second-order valence-electron chi connectivity index (χ2n) is 3.14. The van der Waals surface area contributed by atoms with Crippen molar-refractivity contribution in [1.29, 1.82) is 0 Å². The third kappa shape index (κ3) is 1.26. The number of hydrogen-bond donors (Lipinski definition) is 1. The van der Waals surface area contributed by atoms with Gasteiger partial charge in [-0.1, -0.05) is 0 Å². The Balaban J connectivity index is 2.80. The lowest BCUT2D eigenvalue weighted by atomic mass is 10.1. The number of thiophene rings is 1. The summed E-state index contributed by atoms with van der Waals surface area (Å²) < 4.78 is 26.1. The third-order valence-corrected chi connectivity index (χ3v) is 3.35. The van der Waals surface area contributed by atoms with Gasteiger partial charge in [-0.25, -0.2) is 8.78 Å². The number of aryl methyl sites for hydroxylation is 1. The Bertz CT molecular complexity index is 476. The van der Waals surface area contributed by atoms with Gasteiger partial charge in [0.15, 0.2) is 0 Å². The maximum Gasteiger partial charge on any atom is 0.265 e. The van der Waals surface area contributed by atoms with Crippen LogP contribution in [-0.2, 0) is 0 Å². The number of alkyl halides is 2. The van der Waals surface area contributed by atoms with Crippen LogP contribution < -0.4 is 5.73 Å². The van der Waals surface area contributed by atoms with Gasteiger partial charge in [0.05, 0.1) is 0 Å². The van der Waals surface area contributed by atoms with Crippen molar-refractivity contribution < 1.29 is 8.78 Å². The molecule has 2 rings (SSSR count). The molecule has 0 atom stereocenters. The highest BCUT2D eigenvalue weighted by Gasteiger charge is 2.15. The number of anilines is 1. The van der Waals surface area contributed by atoms with E-state index in [1.807, 2.05) is 11.4 Å². The number of hydrogen-bond acceptors (Lipinski definition) is 2. The van der Waals surface area contributed by atoms with Crippen LogP contribution in [0.1, 0.15) is 17.6 Å². The first-order valence-electron chi connectivity index (χ1n) is 4.15. The Morgan fingerprint density at radius 2 is 2.14 bits per heavy atom. The monoisotopic (exact) mass is 213 g/mol. The van der Waals surface area contributed by atoms with Crippen LogP contribution in [0.3, 0.4) is 0 Å². The van der Waals surface area contributed by atoms with E-state index in [0.717, 1.165) is 15.6 Å². The molecule has 0 bridgehead atoms. The Morgan fingerprint density at radius 3 is 2.79 bits per heavy atom. The van der Waals surface area contributed by atoms with Crippen LogP contribution in [0.2, 0.25) is 0 Å². The molecular formula is C10H9F2NS. The van der Waals surface area contributed by atoms with Gasteiger partial charge >= 0.3 is 0 Å². The number of rotatable bonds is 1. The minimum absolute atomic E-state index is 0.0617. The maximum atomic E-state index is 12.6. The number of halogens is 2. The average molecular weight is 213 g/mol. The van der Waals surface area contributed by atoms with Crippen molar-refractivity contribution in [2.24, 2.45) is 0 Å². The molecule has 0 aliphatic carbocycles. The number of nitrogens with two attached hydrogens (primary N) is 1. The van der Waals surface area contributed by atoms with E-state index in [-0.39, 0.29) is 11.3 Å². The van der Waals surface area contributed by atoms with Gasteiger partial charge in [0.1, 0.15) is 0 Å². The lowest BCUT2D eigenvalue weighted by Crippen LogP contribution is -1.97. The van der Waals surface area contributed by atoms with Gasteiger partial charge in [0.2, 0.25) is 0 Å². The van der Waals surface area contributed by atoms with E-state index in [0.29, 0.717) is 0 Å². The Morgan fingerprint density at radius 1 is 1.43 bits per heavy atom. The van der Waals surface area contributed by atoms with Crippen molar-refractivity contribution in [2.45, 2.75) is 13.3 Å². The van der Waals surface area contributed by atoms with Crippen LogP contribution in [0.4, 0.5) is 14.5 Å². The SMILES string of the molecule is Cc1c(N)c(C(F)F)cc2ccsc12. The zero-order valence-corrected chi connectivity index (χ0v) is 8.37. The molecule has 1 nitrogen and oxygen atoms in total. The molecule has 2 N–H and O–H groups in total. The second kappa shape index (κ2) is 3.20. The van der Waals surface area contributed by atoms with Crippen molar-refractivity contribution in [1.82, 2.24) is 0 Å². The van der Waals surface area contributed by atoms with Gasteiger partial charge in [-0.3, -0.25) is 0 Å². The van der Waals surface area contributed by atoms with Gasteiger partial charge in [-0.15, -0.1) is 11.3 Å². The van der Waals surface area contributed by atoms with E-state index < -0.39 is 6.43 Å². The molecule has 0 saturated heterocycles. The molecular weight excluding hydrogens is 204 g/mol. The molecule has 0 aliphatic rings. The molecule has 0 radical (unpaired) electrons. The predicted octanol–water partition coefficient (Wildman–Crippen LogP) is 3.73. The van der Waals surface area contributed by atoms with E-state index in [4.69, 9.17) is 5.73 Å². The van der Waals surface area contributed by atoms with Gasteiger partial charge in [0, 0.05) is 16.0 Å². The highest BCUT2D eigenvalue weighted by molar-refractivity contribution is 7.17. The first-order chi connectivity index (χ1) is 6.61. The normalized spacial score (nSPS) is 11.4. The quantitative estimate of drug-likeness (QED) is 0.717. The van der Waals surface area contributed by atoms with Crippen molar-refractivity contribution in [3.63, 3.8) is 0 Å². The van der Waals surface area contributed by atoms with Crippen molar-refractivity contribution >= 4 is 27.1 Å². The zero-order valence-electron chi connectivity index (χ0n) is 7.55. The lowest BCUT2D eigenvalue weighted by molar-refractivity contribution is 0.152. The summed E-state index contributed by atoms with van der Waals surface area (Å²) in [7, 11) is 0. The highest BCUT2D eigenvalue weighted by atomic mass is 32.1. The molecule has 1 heterocycles. The molecule has 14 heavy (non-hydrogen) atoms. The first-order valence-corrected chi connectivity index (χ1v) is 5.03. The van der Waals surface area contributed by atoms with Crippen LogP contribution in [0.15, 0.2) is 17.5 Å². The lowest BCUT2D eigenvalue weighted by Gasteiger charge is -2.08. The Kier molecular flexibility index (Phi) is 2.15. The minimum Gasteiger partial charge on any atom is -0.398 e. The van der Waals surface area contributed by atoms with Crippen molar-refractivity contribution in [3.8, 4) is 0 Å². The topological polar surface area (TPSA) is 26.0 Å². The standard InChI is InChI=1S/C10H9F2NS/c1-5-8(13)7(10(11)12)4-6-2-3-14-9(5)6/h2-4,10H,13H2,1H3. The number of nitrogen functional groups attached to an aromatic ring is 1. The average Bonchev–Trinajstić information content (AvgIpc) is 2.58. The van der Waals surface area contributed by atoms with E-state index in [1.165, 1.54) is 17.4 Å². The molecule has 0 spiro atoms. The van der Waals surface area contributed by atoms with Crippen LogP contribution in [0, 0.1) is 6.92 Å². The molecule has 1 aromatic carbocycles.